The molecule has 0 saturated heterocycles. The van der Waals surface area contributed by atoms with Crippen LogP contribution in [0.4, 0.5) is 0 Å². The molecule has 1 fully saturated rings. The number of aliphatic hydroxyl groups excluding tert-OH is 1. The quantitative estimate of drug-likeness (QED) is 0.724. The molecule has 0 aromatic carbocycles. The fourth-order valence-electron chi connectivity index (χ4n) is 2.77. The lowest BCUT2D eigenvalue weighted by atomic mass is 9.72. The Hall–Kier alpha value is 0.170. The molecule has 0 aromatic rings. The molecular formula is C16H33ClNO2-. The first kappa shape index (κ1) is 20.2. The summed E-state index contributed by atoms with van der Waals surface area (Å²) in [6, 6.07) is 0.414. The van der Waals surface area contributed by atoms with Crippen LogP contribution in [-0.4, -0.2) is 36.5 Å². The van der Waals surface area contributed by atoms with E-state index in [0.717, 1.165) is 18.8 Å². The predicted octanol–water partition coefficient (Wildman–Crippen LogP) is -0.0292. The summed E-state index contributed by atoms with van der Waals surface area (Å²) in [5.74, 6) is 0.819. The van der Waals surface area contributed by atoms with Crippen molar-refractivity contribution in [1.82, 2.24) is 5.32 Å². The maximum absolute atomic E-state index is 9.82. The van der Waals surface area contributed by atoms with Crippen LogP contribution in [0, 0.1) is 11.3 Å². The van der Waals surface area contributed by atoms with Gasteiger partial charge in [-0.05, 0) is 37.0 Å². The highest BCUT2D eigenvalue weighted by Crippen LogP contribution is 2.38. The molecule has 1 rings (SSSR count). The molecule has 0 bridgehead atoms. The van der Waals surface area contributed by atoms with Crippen molar-refractivity contribution in [2.45, 2.75) is 78.6 Å². The van der Waals surface area contributed by atoms with Crippen LogP contribution in [0.3, 0.4) is 0 Å². The van der Waals surface area contributed by atoms with Gasteiger partial charge in [0.1, 0.15) is 0 Å². The van der Waals surface area contributed by atoms with Gasteiger partial charge in [-0.15, -0.1) is 0 Å². The average molecular weight is 307 g/mol. The summed E-state index contributed by atoms with van der Waals surface area (Å²) in [7, 11) is 0. The van der Waals surface area contributed by atoms with Gasteiger partial charge < -0.3 is 27.6 Å². The number of nitrogens with one attached hydrogen (secondary N) is 1. The molecule has 0 aromatic heterocycles. The second-order valence-corrected chi connectivity index (χ2v) is 7.39. The van der Waals surface area contributed by atoms with E-state index in [1.807, 2.05) is 0 Å². The van der Waals surface area contributed by atoms with Crippen molar-refractivity contribution in [2.75, 3.05) is 13.2 Å². The smallest absolute Gasteiger partial charge is 0.0897 e. The third-order valence-corrected chi connectivity index (χ3v) is 4.18. The van der Waals surface area contributed by atoms with Crippen LogP contribution in [0.2, 0.25) is 0 Å². The van der Waals surface area contributed by atoms with E-state index in [1.165, 1.54) is 12.8 Å². The number of ether oxygens (including phenoxy) is 1. The van der Waals surface area contributed by atoms with Crippen LogP contribution in [0.1, 0.15) is 60.3 Å². The highest BCUT2D eigenvalue weighted by molar-refractivity contribution is 4.81. The minimum atomic E-state index is -0.386. The zero-order valence-corrected chi connectivity index (χ0v) is 14.5. The van der Waals surface area contributed by atoms with E-state index in [4.69, 9.17) is 4.74 Å². The molecule has 122 valence electrons. The SMILES string of the molecule is CC(C)NCC(O)COC1CCC(C(C)(C)C)CC1.[Cl-]. The fourth-order valence-corrected chi connectivity index (χ4v) is 2.77. The first-order chi connectivity index (χ1) is 8.79. The fraction of sp³-hybridized carbons (Fsp3) is 1.00. The highest BCUT2D eigenvalue weighted by Gasteiger charge is 2.30. The summed E-state index contributed by atoms with van der Waals surface area (Å²) in [5, 5.41) is 13.1. The van der Waals surface area contributed by atoms with Gasteiger partial charge in [0, 0.05) is 12.6 Å². The maximum atomic E-state index is 9.82. The van der Waals surface area contributed by atoms with E-state index >= 15 is 0 Å². The number of hydrogen-bond acceptors (Lipinski definition) is 3. The molecule has 1 aliphatic carbocycles. The Bertz CT molecular complexity index is 245. The number of aliphatic hydroxyl groups is 1. The molecule has 20 heavy (non-hydrogen) atoms. The largest absolute Gasteiger partial charge is 1.00 e. The minimum absolute atomic E-state index is 0. The van der Waals surface area contributed by atoms with Gasteiger partial charge in [0.15, 0.2) is 0 Å². The van der Waals surface area contributed by atoms with Gasteiger partial charge in [0.25, 0.3) is 0 Å². The van der Waals surface area contributed by atoms with Gasteiger partial charge in [0.2, 0.25) is 0 Å². The summed E-state index contributed by atoms with van der Waals surface area (Å²) in [6.45, 7) is 12.3. The van der Waals surface area contributed by atoms with Gasteiger partial charge in [-0.2, -0.15) is 0 Å². The molecule has 0 aliphatic heterocycles. The Kier molecular flexibility index (Phi) is 9.32. The summed E-state index contributed by atoms with van der Waals surface area (Å²) in [5.41, 5.74) is 0.422. The van der Waals surface area contributed by atoms with Crippen LogP contribution in [0.15, 0.2) is 0 Å². The number of hydrogen-bond donors (Lipinski definition) is 2. The van der Waals surface area contributed by atoms with Crippen molar-refractivity contribution in [2.24, 2.45) is 11.3 Å². The Morgan fingerprint density at radius 3 is 2.15 bits per heavy atom. The van der Waals surface area contributed by atoms with E-state index < -0.39 is 0 Å². The zero-order valence-electron chi connectivity index (χ0n) is 13.8. The van der Waals surface area contributed by atoms with Gasteiger partial charge in [-0.3, -0.25) is 0 Å². The average Bonchev–Trinajstić information content (AvgIpc) is 2.33. The molecule has 0 radical (unpaired) electrons. The topological polar surface area (TPSA) is 41.5 Å². The Balaban J connectivity index is 0.00000361. The van der Waals surface area contributed by atoms with Gasteiger partial charge in [0.05, 0.1) is 18.8 Å². The lowest BCUT2D eigenvalue weighted by Crippen LogP contribution is -3.00. The van der Waals surface area contributed by atoms with E-state index in [1.54, 1.807) is 0 Å². The summed E-state index contributed by atoms with van der Waals surface area (Å²) < 4.78 is 5.85. The van der Waals surface area contributed by atoms with E-state index in [2.05, 4.69) is 39.9 Å². The molecule has 0 heterocycles. The first-order valence-electron chi connectivity index (χ1n) is 7.82. The standard InChI is InChI=1S/C16H33NO2.ClH/c1-12(2)17-10-14(18)11-19-15-8-6-13(7-9-15)16(3,4)5;/h12-15,17-18H,6-11H2,1-5H3;1H/p-1. The third-order valence-electron chi connectivity index (χ3n) is 4.18. The monoisotopic (exact) mass is 306 g/mol. The molecule has 1 atom stereocenters. The Labute approximate surface area is 131 Å². The Morgan fingerprint density at radius 1 is 1.15 bits per heavy atom. The molecule has 0 amide bonds. The third kappa shape index (κ3) is 7.82. The van der Waals surface area contributed by atoms with Crippen molar-refractivity contribution in [3.63, 3.8) is 0 Å². The van der Waals surface area contributed by atoms with Crippen molar-refractivity contribution in [3.8, 4) is 0 Å². The first-order valence-corrected chi connectivity index (χ1v) is 7.82. The molecule has 1 aliphatic rings. The Morgan fingerprint density at radius 2 is 1.70 bits per heavy atom. The van der Waals surface area contributed by atoms with Gasteiger partial charge in [-0.25, -0.2) is 0 Å². The molecule has 1 saturated carbocycles. The van der Waals surface area contributed by atoms with Crippen LogP contribution < -0.4 is 17.7 Å². The van der Waals surface area contributed by atoms with Crippen molar-refractivity contribution in [1.29, 1.82) is 0 Å². The highest BCUT2D eigenvalue weighted by atomic mass is 35.5. The summed E-state index contributed by atoms with van der Waals surface area (Å²) in [6.07, 6.45) is 4.77. The molecule has 4 heteroatoms. The van der Waals surface area contributed by atoms with Crippen molar-refractivity contribution >= 4 is 0 Å². The molecule has 0 spiro atoms. The van der Waals surface area contributed by atoms with Crippen molar-refractivity contribution in [3.05, 3.63) is 0 Å². The summed E-state index contributed by atoms with van der Waals surface area (Å²) in [4.78, 5) is 0. The van der Waals surface area contributed by atoms with E-state index in [-0.39, 0.29) is 18.5 Å². The lowest BCUT2D eigenvalue weighted by Gasteiger charge is -2.37. The summed E-state index contributed by atoms with van der Waals surface area (Å²) >= 11 is 0. The van der Waals surface area contributed by atoms with Gasteiger partial charge in [-0.1, -0.05) is 34.6 Å². The van der Waals surface area contributed by atoms with E-state index in [0.29, 0.717) is 30.7 Å². The molecular weight excluding hydrogens is 274 g/mol. The van der Waals surface area contributed by atoms with Crippen LogP contribution in [-0.2, 0) is 4.74 Å². The second-order valence-electron chi connectivity index (χ2n) is 7.39. The predicted molar refractivity (Wildman–Crippen MR) is 80.3 cm³/mol. The van der Waals surface area contributed by atoms with Crippen molar-refractivity contribution < 1.29 is 22.3 Å². The number of rotatable bonds is 6. The lowest BCUT2D eigenvalue weighted by molar-refractivity contribution is -0.0364. The van der Waals surface area contributed by atoms with Crippen LogP contribution in [0.25, 0.3) is 0 Å². The molecule has 3 nitrogen and oxygen atoms in total. The van der Waals surface area contributed by atoms with Crippen LogP contribution >= 0.6 is 0 Å². The van der Waals surface area contributed by atoms with E-state index in [9.17, 15) is 5.11 Å². The molecule has 1 unspecified atom stereocenters. The second kappa shape index (κ2) is 9.24. The molecule has 2 N–H and O–H groups in total. The normalized spacial score (nSPS) is 25.4. The number of halogens is 1. The van der Waals surface area contributed by atoms with Gasteiger partial charge >= 0.3 is 0 Å². The maximum Gasteiger partial charge on any atom is 0.0897 e. The van der Waals surface area contributed by atoms with Crippen LogP contribution in [0.5, 0.6) is 0 Å². The zero-order chi connectivity index (χ0) is 14.5. The minimum Gasteiger partial charge on any atom is -1.00 e.